The third kappa shape index (κ3) is 2.76. The number of rotatable bonds is 4. The highest BCUT2D eigenvalue weighted by Gasteiger charge is 2.45. The third-order valence-electron chi connectivity index (χ3n) is 4.90. The number of carbonyl (C=O) groups is 2. The van der Waals surface area contributed by atoms with E-state index in [9.17, 15) is 14.0 Å². The van der Waals surface area contributed by atoms with Crippen LogP contribution in [0.5, 0.6) is 0 Å². The lowest BCUT2D eigenvalue weighted by Crippen LogP contribution is -2.47. The van der Waals surface area contributed by atoms with E-state index in [1.165, 1.54) is 17.8 Å². The largest absolute Gasteiger partial charge is 0.309 e. The molecule has 1 aromatic carbocycles. The molecule has 4 rings (SSSR count). The number of nitrogens with one attached hydrogen (secondary N) is 1. The highest BCUT2D eigenvalue weighted by molar-refractivity contribution is 8.15. The number of Topliss-reactive ketones (excluding diaryl/α,β-unsaturated/α-hetero) is 1. The van der Waals surface area contributed by atoms with Gasteiger partial charge in [0.05, 0.1) is 5.92 Å². The van der Waals surface area contributed by atoms with Gasteiger partial charge < -0.3 is 5.32 Å². The first-order chi connectivity index (χ1) is 11.1. The van der Waals surface area contributed by atoms with Crippen LogP contribution >= 0.6 is 11.8 Å². The van der Waals surface area contributed by atoms with E-state index in [-0.39, 0.29) is 33.9 Å². The molecule has 2 fully saturated rings. The van der Waals surface area contributed by atoms with Gasteiger partial charge in [0.15, 0.2) is 0 Å². The van der Waals surface area contributed by atoms with Gasteiger partial charge in [-0.05, 0) is 43.5 Å². The zero-order chi connectivity index (χ0) is 16.0. The van der Waals surface area contributed by atoms with Crippen molar-refractivity contribution in [2.45, 2.75) is 36.5 Å². The number of ketones is 1. The summed E-state index contributed by atoms with van der Waals surface area (Å²) in [5, 5.41) is 3.56. The molecular formula is C18H18FNO2S. The van der Waals surface area contributed by atoms with Gasteiger partial charge in [-0.15, -0.1) is 0 Å². The Kier molecular flexibility index (Phi) is 3.85. The van der Waals surface area contributed by atoms with Gasteiger partial charge in [0.1, 0.15) is 11.6 Å². The Hall–Kier alpha value is -1.46. The maximum absolute atomic E-state index is 14.4. The second kappa shape index (κ2) is 5.87. The fourth-order valence-electron chi connectivity index (χ4n) is 3.63. The van der Waals surface area contributed by atoms with Gasteiger partial charge in [-0.2, -0.15) is 0 Å². The third-order valence-corrected chi connectivity index (χ3v) is 6.05. The van der Waals surface area contributed by atoms with Crippen LogP contribution in [0.3, 0.4) is 0 Å². The van der Waals surface area contributed by atoms with E-state index in [0.29, 0.717) is 5.56 Å². The second-order valence-corrected chi connectivity index (χ2v) is 7.67. The van der Waals surface area contributed by atoms with Gasteiger partial charge in [0, 0.05) is 22.8 Å². The molecule has 23 heavy (non-hydrogen) atoms. The molecule has 1 aromatic rings. The maximum atomic E-state index is 14.4. The summed E-state index contributed by atoms with van der Waals surface area (Å²) in [6, 6.07) is 6.26. The average Bonchev–Trinajstić information content (AvgIpc) is 3.31. The fraction of sp³-hybridized carbons (Fsp3) is 0.444. The van der Waals surface area contributed by atoms with Gasteiger partial charge in [-0.25, -0.2) is 4.39 Å². The molecule has 5 heteroatoms. The highest BCUT2D eigenvalue weighted by atomic mass is 32.2. The molecule has 120 valence electrons. The van der Waals surface area contributed by atoms with Crippen molar-refractivity contribution >= 4 is 22.7 Å². The standard InChI is InChI=1S/C18H18FNO2S/c19-13-4-2-1-3-11(13)16(18(22)10-5-6-10)17-12-9-15(21)23-14(12)7-8-20-17/h1-4,9-10,14,16-17,20H,5-8H2. The predicted molar refractivity (Wildman–Crippen MR) is 87.7 cm³/mol. The van der Waals surface area contributed by atoms with E-state index in [2.05, 4.69) is 5.32 Å². The quantitative estimate of drug-likeness (QED) is 0.921. The Morgan fingerprint density at radius 1 is 1.26 bits per heavy atom. The molecule has 3 nitrogen and oxygen atoms in total. The van der Waals surface area contributed by atoms with Crippen molar-refractivity contribution in [3.8, 4) is 0 Å². The zero-order valence-electron chi connectivity index (χ0n) is 12.6. The Bertz CT molecular complexity index is 698. The Morgan fingerprint density at radius 3 is 2.78 bits per heavy atom. The molecule has 1 saturated carbocycles. The Balaban J connectivity index is 1.75. The van der Waals surface area contributed by atoms with E-state index in [0.717, 1.165) is 31.4 Å². The summed E-state index contributed by atoms with van der Waals surface area (Å²) in [6.07, 6.45) is 4.32. The van der Waals surface area contributed by atoms with Gasteiger partial charge in [-0.1, -0.05) is 30.0 Å². The fourth-order valence-corrected chi connectivity index (χ4v) is 4.70. The van der Waals surface area contributed by atoms with Crippen LogP contribution in [-0.4, -0.2) is 28.7 Å². The molecule has 3 unspecified atom stereocenters. The topological polar surface area (TPSA) is 46.2 Å². The lowest BCUT2D eigenvalue weighted by Gasteiger charge is -2.35. The number of hydrogen-bond acceptors (Lipinski definition) is 4. The number of carbonyl (C=O) groups excluding carboxylic acids is 2. The van der Waals surface area contributed by atoms with E-state index in [1.807, 2.05) is 0 Å². The molecular weight excluding hydrogens is 313 g/mol. The number of fused-ring (bicyclic) bond motifs is 1. The summed E-state index contributed by atoms with van der Waals surface area (Å²) in [7, 11) is 0. The minimum atomic E-state index is -0.538. The van der Waals surface area contributed by atoms with E-state index in [1.54, 1.807) is 24.3 Å². The molecule has 0 bridgehead atoms. The molecule has 0 radical (unpaired) electrons. The molecule has 0 spiro atoms. The first-order valence-corrected chi connectivity index (χ1v) is 8.97. The molecule has 1 N–H and O–H groups in total. The summed E-state index contributed by atoms with van der Waals surface area (Å²) in [6.45, 7) is 0.746. The van der Waals surface area contributed by atoms with Crippen LogP contribution in [-0.2, 0) is 9.59 Å². The van der Waals surface area contributed by atoms with E-state index < -0.39 is 5.92 Å². The lowest BCUT2D eigenvalue weighted by molar-refractivity contribution is -0.122. The van der Waals surface area contributed by atoms with Crippen molar-refractivity contribution in [3.63, 3.8) is 0 Å². The second-order valence-electron chi connectivity index (χ2n) is 6.47. The van der Waals surface area contributed by atoms with E-state index in [4.69, 9.17) is 0 Å². The molecule has 2 heterocycles. The normalized spacial score (nSPS) is 28.2. The number of benzene rings is 1. The van der Waals surface area contributed by atoms with Crippen LogP contribution in [0, 0.1) is 11.7 Å². The first kappa shape index (κ1) is 15.1. The monoisotopic (exact) mass is 331 g/mol. The summed E-state index contributed by atoms with van der Waals surface area (Å²) >= 11 is 1.33. The number of halogens is 1. The van der Waals surface area contributed by atoms with Crippen LogP contribution < -0.4 is 5.32 Å². The zero-order valence-corrected chi connectivity index (χ0v) is 13.4. The van der Waals surface area contributed by atoms with Gasteiger partial charge in [-0.3, -0.25) is 9.59 Å². The molecule has 0 amide bonds. The van der Waals surface area contributed by atoms with Crippen molar-refractivity contribution in [2.75, 3.05) is 6.54 Å². The Labute approximate surface area is 138 Å². The van der Waals surface area contributed by atoms with E-state index >= 15 is 0 Å². The summed E-state index contributed by atoms with van der Waals surface area (Å²) in [5.74, 6) is -0.720. The molecule has 3 aliphatic rings. The minimum absolute atomic E-state index is 0.0462. The van der Waals surface area contributed by atoms with Crippen molar-refractivity contribution < 1.29 is 14.0 Å². The molecule has 1 aliphatic carbocycles. The number of hydrogen-bond donors (Lipinski definition) is 1. The molecule has 0 aromatic heterocycles. The maximum Gasteiger partial charge on any atom is 0.212 e. The summed E-state index contributed by atoms with van der Waals surface area (Å²) < 4.78 is 14.4. The van der Waals surface area contributed by atoms with Crippen LogP contribution in [0.2, 0.25) is 0 Å². The molecule has 3 atom stereocenters. The predicted octanol–water partition coefficient (Wildman–Crippen LogP) is 2.82. The Morgan fingerprint density at radius 2 is 2.04 bits per heavy atom. The highest BCUT2D eigenvalue weighted by Crippen LogP contribution is 2.43. The van der Waals surface area contributed by atoms with Crippen molar-refractivity contribution in [1.82, 2.24) is 5.32 Å². The summed E-state index contributed by atoms with van der Waals surface area (Å²) in [4.78, 5) is 24.7. The van der Waals surface area contributed by atoms with Crippen LogP contribution in [0.1, 0.15) is 30.7 Å². The lowest BCUT2D eigenvalue weighted by atomic mass is 9.79. The van der Waals surface area contributed by atoms with Gasteiger partial charge in [0.2, 0.25) is 5.12 Å². The average molecular weight is 331 g/mol. The van der Waals surface area contributed by atoms with Crippen LogP contribution in [0.4, 0.5) is 4.39 Å². The minimum Gasteiger partial charge on any atom is -0.309 e. The SMILES string of the molecule is O=C1C=C2C(CCNC2C(C(=O)C2CC2)c2ccccc2F)S1. The van der Waals surface area contributed by atoms with Gasteiger partial charge in [0.25, 0.3) is 0 Å². The number of thioether (sulfide) groups is 1. The van der Waals surface area contributed by atoms with Crippen molar-refractivity contribution in [2.24, 2.45) is 5.92 Å². The van der Waals surface area contributed by atoms with Gasteiger partial charge >= 0.3 is 0 Å². The molecule has 2 aliphatic heterocycles. The number of piperidine rings is 1. The molecule has 1 saturated heterocycles. The van der Waals surface area contributed by atoms with Crippen molar-refractivity contribution in [1.29, 1.82) is 0 Å². The first-order valence-electron chi connectivity index (χ1n) is 8.09. The summed E-state index contributed by atoms with van der Waals surface area (Å²) in [5.41, 5.74) is 1.42. The smallest absolute Gasteiger partial charge is 0.212 e. The van der Waals surface area contributed by atoms with Crippen LogP contribution in [0.25, 0.3) is 0 Å². The van der Waals surface area contributed by atoms with Crippen LogP contribution in [0.15, 0.2) is 35.9 Å². The van der Waals surface area contributed by atoms with Crippen molar-refractivity contribution in [3.05, 3.63) is 47.3 Å².